The first-order valence-corrected chi connectivity index (χ1v) is 13.7. The summed E-state index contributed by atoms with van der Waals surface area (Å²) in [5.41, 5.74) is 7.20. The highest BCUT2D eigenvalue weighted by atomic mass is 19.4. The van der Waals surface area contributed by atoms with Crippen LogP contribution in [-0.2, 0) is 25.8 Å². The molecular formula is C32H39F3N6. The zero-order valence-corrected chi connectivity index (χ0v) is 24.5. The normalized spacial score (nSPS) is 14.0. The number of nitrogens with zero attached hydrogens (tertiary/aromatic N) is 4. The first-order valence-electron chi connectivity index (χ1n) is 13.7. The predicted molar refractivity (Wildman–Crippen MR) is 163 cm³/mol. The molecule has 0 aliphatic heterocycles. The number of benzene rings is 1. The van der Waals surface area contributed by atoms with Crippen molar-refractivity contribution in [3.63, 3.8) is 0 Å². The molecule has 0 fully saturated rings. The molecule has 2 heterocycles. The maximum Gasteiger partial charge on any atom is 0.419 e. The van der Waals surface area contributed by atoms with Gasteiger partial charge in [-0.05, 0) is 68.8 Å². The molecule has 3 rings (SSSR count). The average Bonchev–Trinajstić information content (AvgIpc) is 3.58. The summed E-state index contributed by atoms with van der Waals surface area (Å²) >= 11 is 0. The summed E-state index contributed by atoms with van der Waals surface area (Å²) in [6, 6.07) is 8.36. The summed E-state index contributed by atoms with van der Waals surface area (Å²) in [5.74, 6) is 0. The van der Waals surface area contributed by atoms with Gasteiger partial charge in [0, 0.05) is 54.3 Å². The first-order chi connectivity index (χ1) is 19.6. The quantitative estimate of drug-likeness (QED) is 0.290. The highest BCUT2D eigenvalue weighted by molar-refractivity contribution is 5.80. The van der Waals surface area contributed by atoms with Crippen LogP contribution in [-0.4, -0.2) is 47.5 Å². The van der Waals surface area contributed by atoms with E-state index in [2.05, 4.69) is 72.6 Å². The highest BCUT2D eigenvalue weighted by Gasteiger charge is 2.32. The number of halogens is 3. The molecule has 0 spiro atoms. The Bertz CT molecular complexity index is 1550. The Morgan fingerprint density at radius 1 is 1.15 bits per heavy atom. The Balaban J connectivity index is 2.31. The number of alkyl halides is 3. The zero-order valence-electron chi connectivity index (χ0n) is 24.5. The maximum absolute atomic E-state index is 13.3. The van der Waals surface area contributed by atoms with Gasteiger partial charge in [-0.1, -0.05) is 44.7 Å². The molecule has 218 valence electrons. The van der Waals surface area contributed by atoms with Gasteiger partial charge in [0.15, 0.2) is 0 Å². The number of aliphatic imine (C=N–C) groups is 2. The lowest BCUT2D eigenvalue weighted by atomic mass is 10.00. The predicted octanol–water partition coefficient (Wildman–Crippen LogP) is 5.38. The van der Waals surface area contributed by atoms with Gasteiger partial charge < -0.3 is 10.3 Å². The van der Waals surface area contributed by atoms with E-state index >= 15 is 0 Å². The van der Waals surface area contributed by atoms with Gasteiger partial charge in [-0.2, -0.15) is 18.3 Å². The van der Waals surface area contributed by atoms with Crippen molar-refractivity contribution in [3.05, 3.63) is 93.5 Å². The molecule has 0 bridgehead atoms. The van der Waals surface area contributed by atoms with Crippen molar-refractivity contribution in [3.8, 4) is 5.69 Å². The molecule has 0 aliphatic rings. The molecule has 2 aromatic heterocycles. The lowest BCUT2D eigenvalue weighted by Gasteiger charge is -2.17. The van der Waals surface area contributed by atoms with Gasteiger partial charge in [0.2, 0.25) is 0 Å². The van der Waals surface area contributed by atoms with Crippen LogP contribution in [0.1, 0.15) is 55.8 Å². The topological polar surface area (TPSA) is 70.4 Å². The van der Waals surface area contributed by atoms with Gasteiger partial charge in [0.25, 0.3) is 0 Å². The van der Waals surface area contributed by atoms with Crippen molar-refractivity contribution in [2.45, 2.75) is 59.7 Å². The van der Waals surface area contributed by atoms with Crippen LogP contribution in [0.3, 0.4) is 0 Å². The smallest absolute Gasteiger partial charge is 0.361 e. The minimum absolute atomic E-state index is 0.131. The summed E-state index contributed by atoms with van der Waals surface area (Å²) in [6.45, 7) is 16.1. The third kappa shape index (κ3) is 7.03. The fourth-order valence-electron chi connectivity index (χ4n) is 4.94. The molecule has 0 unspecified atom stereocenters. The fourth-order valence-corrected chi connectivity index (χ4v) is 4.94. The number of allylic oxidation sites excluding steroid dienone is 2. The Morgan fingerprint density at radius 3 is 2.39 bits per heavy atom. The molecule has 0 radical (unpaired) electrons. The Morgan fingerprint density at radius 2 is 1.83 bits per heavy atom. The number of nitrogens with one attached hydrogen (secondary N) is 2. The molecule has 3 aromatic rings. The molecule has 41 heavy (non-hydrogen) atoms. The zero-order chi connectivity index (χ0) is 30.2. The number of aromatic amines is 1. The Labute approximate surface area is 239 Å². The van der Waals surface area contributed by atoms with Crippen molar-refractivity contribution in [1.82, 2.24) is 20.1 Å². The second kappa shape index (κ2) is 14.1. The van der Waals surface area contributed by atoms with E-state index in [1.807, 2.05) is 37.0 Å². The molecule has 0 amide bonds. The molecule has 2 N–H and O–H groups in total. The summed E-state index contributed by atoms with van der Waals surface area (Å²) < 4.78 is 41.8. The van der Waals surface area contributed by atoms with E-state index < -0.39 is 11.7 Å². The fraction of sp³-hybridized carbons (Fsp3) is 0.344. The van der Waals surface area contributed by atoms with Crippen molar-refractivity contribution >= 4 is 24.1 Å². The van der Waals surface area contributed by atoms with Crippen LogP contribution in [0.15, 0.2) is 64.9 Å². The van der Waals surface area contributed by atoms with Gasteiger partial charge in [-0.15, -0.1) is 0 Å². The van der Waals surface area contributed by atoms with Crippen LogP contribution in [0, 0.1) is 0 Å². The molecule has 0 saturated heterocycles. The number of para-hydroxylation sites is 1. The lowest BCUT2D eigenvalue weighted by Crippen LogP contribution is -2.27. The monoisotopic (exact) mass is 564 g/mol. The Hall–Kier alpha value is -3.98. The standard InChI is InChI=1S/C32H39F3N6/c1-8-21(4)29-26(14-17-39-29)22(5)30-27(20-37-7)28(15-16-38-19-25(18-36-6)32(33,34)35)40-41(30)31-23(9-2)12-11-13-24(31)10-3/h8,11-14,17-19,37,39H,1,6,9-10,15-16,20H2,2-5,7H3/b25-18+,26-22+,29-21+,38-19?. The second-order valence-corrected chi connectivity index (χ2v) is 9.68. The van der Waals surface area contributed by atoms with Crippen LogP contribution in [0.2, 0.25) is 0 Å². The van der Waals surface area contributed by atoms with Gasteiger partial charge in [-0.3, -0.25) is 9.98 Å². The molecule has 9 heteroatoms. The number of aromatic nitrogens is 3. The van der Waals surface area contributed by atoms with Crippen LogP contribution in [0.4, 0.5) is 13.2 Å². The summed E-state index contributed by atoms with van der Waals surface area (Å²) in [6.07, 6.45) is 2.67. The van der Waals surface area contributed by atoms with Gasteiger partial charge >= 0.3 is 6.18 Å². The van der Waals surface area contributed by atoms with Crippen LogP contribution < -0.4 is 15.9 Å². The number of aryl methyl sites for hydroxylation is 2. The van der Waals surface area contributed by atoms with Crippen molar-refractivity contribution in [2.24, 2.45) is 9.98 Å². The SMILES string of the molecule is C=C/C(C)=c1/[nH]cc/c1=C(/C)c1c(CNC)c(CCN=C/C(=C\N=C)C(F)(F)F)nn1-c1c(CC)cccc1CC. The summed E-state index contributed by atoms with van der Waals surface area (Å²) in [4.78, 5) is 10.7. The van der Waals surface area contributed by atoms with Crippen molar-refractivity contribution in [1.29, 1.82) is 0 Å². The van der Waals surface area contributed by atoms with Gasteiger partial charge in [0.1, 0.15) is 0 Å². The van der Waals surface area contributed by atoms with E-state index in [4.69, 9.17) is 5.10 Å². The minimum Gasteiger partial charge on any atom is -0.361 e. The van der Waals surface area contributed by atoms with Crippen LogP contribution in [0.5, 0.6) is 0 Å². The highest BCUT2D eigenvalue weighted by Crippen LogP contribution is 2.30. The minimum atomic E-state index is -4.56. The number of rotatable bonds is 12. The molecule has 0 aliphatic carbocycles. The first kappa shape index (κ1) is 31.5. The molecule has 0 atom stereocenters. The van der Waals surface area contributed by atoms with E-state index in [0.717, 1.165) is 63.4 Å². The third-order valence-corrected chi connectivity index (χ3v) is 7.07. The number of hydrogen-bond acceptors (Lipinski definition) is 4. The van der Waals surface area contributed by atoms with E-state index in [9.17, 15) is 13.2 Å². The van der Waals surface area contributed by atoms with E-state index in [1.54, 1.807) is 0 Å². The molecule has 1 aromatic carbocycles. The second-order valence-electron chi connectivity index (χ2n) is 9.68. The van der Waals surface area contributed by atoms with Gasteiger partial charge in [-0.25, -0.2) is 4.68 Å². The van der Waals surface area contributed by atoms with Crippen LogP contribution in [0.25, 0.3) is 16.8 Å². The lowest BCUT2D eigenvalue weighted by molar-refractivity contribution is -0.0857. The largest absolute Gasteiger partial charge is 0.419 e. The average molecular weight is 565 g/mol. The summed E-state index contributed by atoms with van der Waals surface area (Å²) in [7, 11) is 1.87. The van der Waals surface area contributed by atoms with Crippen molar-refractivity contribution < 1.29 is 13.2 Å². The third-order valence-electron chi connectivity index (χ3n) is 7.07. The molecular weight excluding hydrogens is 525 g/mol. The number of H-pyrrole nitrogens is 1. The van der Waals surface area contributed by atoms with Gasteiger partial charge in [0.05, 0.1) is 22.6 Å². The molecule has 0 saturated carbocycles. The van der Waals surface area contributed by atoms with Crippen molar-refractivity contribution in [2.75, 3.05) is 13.6 Å². The summed E-state index contributed by atoms with van der Waals surface area (Å²) in [5, 5.41) is 10.4. The van der Waals surface area contributed by atoms with E-state index in [1.165, 1.54) is 11.1 Å². The molecule has 6 nitrogen and oxygen atoms in total. The number of hydrogen-bond donors (Lipinski definition) is 2. The van der Waals surface area contributed by atoms with E-state index in [-0.39, 0.29) is 6.54 Å². The van der Waals surface area contributed by atoms with Crippen LogP contribution >= 0.6 is 0 Å². The maximum atomic E-state index is 13.3. The Kier molecular flexibility index (Phi) is 10.8. The van der Waals surface area contributed by atoms with E-state index in [0.29, 0.717) is 19.2 Å².